The maximum atomic E-state index is 10.2. The van der Waals surface area contributed by atoms with Crippen LogP contribution in [0.2, 0.25) is 5.02 Å². The number of hydrogen-bond acceptors (Lipinski definition) is 4. The van der Waals surface area contributed by atoms with Crippen molar-refractivity contribution in [3.63, 3.8) is 0 Å². The zero-order valence-corrected chi connectivity index (χ0v) is 12.4. The van der Waals surface area contributed by atoms with Crippen LogP contribution in [0.3, 0.4) is 0 Å². The lowest BCUT2D eigenvalue weighted by molar-refractivity contribution is 0.0322. The molecule has 0 bridgehead atoms. The molecular formula is C14H22ClNO3. The molecule has 0 aliphatic carbocycles. The van der Waals surface area contributed by atoms with Gasteiger partial charge in [-0.25, -0.2) is 0 Å². The summed E-state index contributed by atoms with van der Waals surface area (Å²) in [5.41, 5.74) is -0.0583. The van der Waals surface area contributed by atoms with Gasteiger partial charge in [-0.15, -0.1) is 0 Å². The van der Waals surface area contributed by atoms with Crippen molar-refractivity contribution < 1.29 is 14.9 Å². The summed E-state index contributed by atoms with van der Waals surface area (Å²) < 4.78 is 5.04. The molecule has 0 aliphatic heterocycles. The number of phenols is 1. The van der Waals surface area contributed by atoms with E-state index >= 15 is 0 Å². The Kier molecular flexibility index (Phi) is 5.91. The average molecular weight is 288 g/mol. The Morgan fingerprint density at radius 1 is 1.32 bits per heavy atom. The van der Waals surface area contributed by atoms with Crippen LogP contribution in [0.15, 0.2) is 12.1 Å². The summed E-state index contributed by atoms with van der Waals surface area (Å²) in [6.07, 6.45) is 1.36. The van der Waals surface area contributed by atoms with E-state index in [1.165, 1.54) is 7.11 Å². The second kappa shape index (κ2) is 6.98. The van der Waals surface area contributed by atoms with Crippen molar-refractivity contribution in [2.24, 2.45) is 0 Å². The largest absolute Gasteiger partial charge is 0.504 e. The highest BCUT2D eigenvalue weighted by Gasteiger charge is 2.21. The van der Waals surface area contributed by atoms with Crippen LogP contribution >= 0.6 is 11.6 Å². The lowest BCUT2D eigenvalue weighted by atomic mass is 9.97. The minimum absolute atomic E-state index is 0.0796. The van der Waals surface area contributed by atoms with Crippen LogP contribution in [0.1, 0.15) is 32.3 Å². The minimum Gasteiger partial charge on any atom is -0.504 e. The van der Waals surface area contributed by atoms with E-state index in [4.69, 9.17) is 16.3 Å². The maximum absolute atomic E-state index is 10.2. The molecule has 0 saturated heterocycles. The fraction of sp³-hybridized carbons (Fsp3) is 0.571. The van der Waals surface area contributed by atoms with Gasteiger partial charge in [-0.1, -0.05) is 25.4 Å². The van der Waals surface area contributed by atoms with Crippen LogP contribution in [0.4, 0.5) is 0 Å². The molecular weight excluding hydrogens is 266 g/mol. The first kappa shape index (κ1) is 16.1. The maximum Gasteiger partial charge on any atom is 0.162 e. The molecule has 19 heavy (non-hydrogen) atoms. The number of methoxy groups -OCH3 is 1. The molecule has 0 fully saturated rings. The number of phenolic OH excluding ortho intramolecular Hbond substituents is 1. The van der Waals surface area contributed by atoms with Crippen LogP contribution in [-0.2, 0) is 6.54 Å². The van der Waals surface area contributed by atoms with Crippen molar-refractivity contribution in [3.05, 3.63) is 22.7 Å². The molecule has 1 aromatic carbocycles. The topological polar surface area (TPSA) is 61.7 Å². The van der Waals surface area contributed by atoms with E-state index in [1.807, 2.05) is 13.8 Å². The summed E-state index contributed by atoms with van der Waals surface area (Å²) in [5.74, 6) is 0.432. The van der Waals surface area contributed by atoms with Gasteiger partial charge in [-0.2, -0.15) is 0 Å². The van der Waals surface area contributed by atoms with Gasteiger partial charge in [0.05, 0.1) is 12.7 Å². The van der Waals surface area contributed by atoms with E-state index in [-0.39, 0.29) is 5.75 Å². The number of halogens is 1. The predicted octanol–water partition coefficient (Wildman–Crippen LogP) is 2.69. The van der Waals surface area contributed by atoms with Crippen molar-refractivity contribution in [1.29, 1.82) is 0 Å². The van der Waals surface area contributed by atoms with E-state index in [1.54, 1.807) is 12.1 Å². The molecule has 0 unspecified atom stereocenters. The summed E-state index contributed by atoms with van der Waals surface area (Å²) in [7, 11) is 1.48. The van der Waals surface area contributed by atoms with E-state index in [2.05, 4.69) is 5.32 Å². The van der Waals surface area contributed by atoms with Gasteiger partial charge in [0.1, 0.15) is 0 Å². The third kappa shape index (κ3) is 4.27. The first-order valence-electron chi connectivity index (χ1n) is 6.44. The molecule has 108 valence electrons. The molecule has 1 aromatic rings. The molecule has 0 spiro atoms. The highest BCUT2D eigenvalue weighted by atomic mass is 35.5. The third-order valence-electron chi connectivity index (χ3n) is 3.42. The smallest absolute Gasteiger partial charge is 0.162 e. The molecule has 0 aliphatic rings. The molecule has 3 N–H and O–H groups in total. The van der Waals surface area contributed by atoms with Crippen LogP contribution in [0.5, 0.6) is 11.5 Å². The number of rotatable bonds is 7. The molecule has 0 heterocycles. The van der Waals surface area contributed by atoms with E-state index in [0.717, 1.165) is 0 Å². The van der Waals surface area contributed by atoms with E-state index in [0.29, 0.717) is 42.3 Å². The quantitative estimate of drug-likeness (QED) is 0.721. The SMILES string of the molecule is CCC(O)(CC)CNCc1cc(Cl)cc(OC)c1O. The molecule has 1 rings (SSSR count). The Hall–Kier alpha value is -0.970. The van der Waals surface area contributed by atoms with E-state index < -0.39 is 5.60 Å². The summed E-state index contributed by atoms with van der Waals surface area (Å²) in [6.45, 7) is 4.79. The number of aliphatic hydroxyl groups is 1. The van der Waals surface area contributed by atoms with Gasteiger partial charge < -0.3 is 20.3 Å². The highest BCUT2D eigenvalue weighted by Crippen LogP contribution is 2.33. The summed E-state index contributed by atoms with van der Waals surface area (Å²) in [5, 5.41) is 23.8. The average Bonchev–Trinajstić information content (AvgIpc) is 2.41. The standard InChI is InChI=1S/C14H22ClNO3/c1-4-14(18,5-2)9-16-8-10-6-11(15)7-12(19-3)13(10)17/h6-7,16-18H,4-5,8-9H2,1-3H3. The first-order chi connectivity index (χ1) is 8.95. The fourth-order valence-electron chi connectivity index (χ4n) is 1.85. The lowest BCUT2D eigenvalue weighted by Gasteiger charge is -2.25. The number of nitrogens with one attached hydrogen (secondary N) is 1. The molecule has 0 atom stereocenters. The van der Waals surface area contributed by atoms with Crippen molar-refractivity contribution >= 4 is 11.6 Å². The van der Waals surface area contributed by atoms with Gasteiger partial charge >= 0.3 is 0 Å². The molecule has 0 amide bonds. The van der Waals surface area contributed by atoms with E-state index in [9.17, 15) is 10.2 Å². The Labute approximate surface area is 119 Å². The van der Waals surface area contributed by atoms with Gasteiger partial charge in [-0.3, -0.25) is 0 Å². The monoisotopic (exact) mass is 287 g/mol. The van der Waals surface area contributed by atoms with Crippen molar-refractivity contribution in [1.82, 2.24) is 5.32 Å². The van der Waals surface area contributed by atoms with Gasteiger partial charge in [-0.05, 0) is 18.9 Å². The van der Waals surface area contributed by atoms with Gasteiger partial charge in [0.25, 0.3) is 0 Å². The molecule has 5 heteroatoms. The summed E-state index contributed by atoms with van der Waals surface area (Å²) in [4.78, 5) is 0. The van der Waals surface area contributed by atoms with Gasteiger partial charge in [0, 0.05) is 29.7 Å². The predicted molar refractivity (Wildman–Crippen MR) is 76.9 cm³/mol. The Balaban J connectivity index is 2.71. The Bertz CT molecular complexity index is 419. The van der Waals surface area contributed by atoms with Gasteiger partial charge in [0.15, 0.2) is 11.5 Å². The fourth-order valence-corrected chi connectivity index (χ4v) is 2.08. The molecule has 0 aromatic heterocycles. The summed E-state index contributed by atoms with van der Waals surface area (Å²) in [6, 6.07) is 3.25. The van der Waals surface area contributed by atoms with Crippen LogP contribution in [0.25, 0.3) is 0 Å². The number of benzene rings is 1. The van der Waals surface area contributed by atoms with Crippen LogP contribution in [0, 0.1) is 0 Å². The van der Waals surface area contributed by atoms with Crippen molar-refractivity contribution in [2.75, 3.05) is 13.7 Å². The first-order valence-corrected chi connectivity index (χ1v) is 6.82. The van der Waals surface area contributed by atoms with Gasteiger partial charge in [0.2, 0.25) is 0 Å². The third-order valence-corrected chi connectivity index (χ3v) is 3.64. The zero-order valence-electron chi connectivity index (χ0n) is 11.7. The molecule has 0 radical (unpaired) electrons. The minimum atomic E-state index is -0.710. The van der Waals surface area contributed by atoms with Crippen molar-refractivity contribution in [3.8, 4) is 11.5 Å². The highest BCUT2D eigenvalue weighted by molar-refractivity contribution is 6.30. The van der Waals surface area contributed by atoms with Crippen LogP contribution in [-0.4, -0.2) is 29.5 Å². The second-order valence-electron chi connectivity index (χ2n) is 4.65. The lowest BCUT2D eigenvalue weighted by Crippen LogP contribution is -2.39. The van der Waals surface area contributed by atoms with Crippen LogP contribution < -0.4 is 10.1 Å². The number of ether oxygens (including phenoxy) is 1. The normalized spacial score (nSPS) is 11.6. The Morgan fingerprint density at radius 2 is 1.95 bits per heavy atom. The molecule has 0 saturated carbocycles. The Morgan fingerprint density at radius 3 is 2.47 bits per heavy atom. The number of aromatic hydroxyl groups is 1. The summed E-state index contributed by atoms with van der Waals surface area (Å²) >= 11 is 5.96. The second-order valence-corrected chi connectivity index (χ2v) is 5.09. The molecule has 4 nitrogen and oxygen atoms in total. The zero-order chi connectivity index (χ0) is 14.5. The number of hydrogen-bond donors (Lipinski definition) is 3. The van der Waals surface area contributed by atoms with Crippen molar-refractivity contribution in [2.45, 2.75) is 38.8 Å².